The summed E-state index contributed by atoms with van der Waals surface area (Å²) in [6.07, 6.45) is 1.92. The summed E-state index contributed by atoms with van der Waals surface area (Å²) in [6, 6.07) is 13.5. The zero-order valence-electron chi connectivity index (χ0n) is 40.4. The molecule has 3 rings (SSSR count). The van der Waals surface area contributed by atoms with Crippen LogP contribution in [0.2, 0.25) is 0 Å². The highest BCUT2D eigenvalue weighted by molar-refractivity contribution is 6.17. The maximum absolute atomic E-state index is 14.3. The second-order valence-electron chi connectivity index (χ2n) is 17.0. The Morgan fingerprint density at radius 1 is 0.408 bits per heavy atom. The van der Waals surface area contributed by atoms with Crippen molar-refractivity contribution in [1.82, 2.24) is 0 Å². The normalized spacial score (nSPS) is 12.9. The number of benzene rings is 3. The van der Waals surface area contributed by atoms with Crippen molar-refractivity contribution in [2.24, 2.45) is 0 Å². The van der Waals surface area contributed by atoms with Crippen molar-refractivity contribution < 1.29 is 117 Å². The topological polar surface area (TPSA) is 114 Å². The van der Waals surface area contributed by atoms with Gasteiger partial charge in [-0.05, 0) is 85.1 Å². The lowest BCUT2D eigenvalue weighted by molar-refractivity contribution is -0.461. The molecule has 0 N–H and O–H groups in total. The minimum absolute atomic E-state index is 0.0268. The van der Waals surface area contributed by atoms with Gasteiger partial charge in [-0.3, -0.25) is 0 Å². The van der Waals surface area contributed by atoms with Gasteiger partial charge in [0, 0.05) is 0 Å². The van der Waals surface area contributed by atoms with Crippen molar-refractivity contribution >= 4 is 30.0 Å². The summed E-state index contributed by atoms with van der Waals surface area (Å²) in [4.78, 5) is 51.8. The van der Waals surface area contributed by atoms with Gasteiger partial charge in [0.1, 0.15) is 22.8 Å². The maximum Gasteiger partial charge on any atom is 0.460 e. The van der Waals surface area contributed by atoms with E-state index in [1.54, 1.807) is 0 Å². The average molecular weight is 1120 g/mol. The second-order valence-corrected chi connectivity index (χ2v) is 17.0. The largest absolute Gasteiger partial charge is 0.493 e. The number of hydrogen-bond acceptors (Lipinski definition) is 9. The fraction of sp³-hybridized carbons (Fsp3) is 0.520. The Morgan fingerprint density at radius 2 is 0.750 bits per heavy atom. The molecule has 0 fully saturated rings. The predicted octanol–water partition coefficient (Wildman–Crippen LogP) is 15.1. The first-order valence-electron chi connectivity index (χ1n) is 23.4. The van der Waals surface area contributed by atoms with Crippen molar-refractivity contribution in [1.29, 1.82) is 0 Å². The predicted molar refractivity (Wildman–Crippen MR) is 237 cm³/mol. The molecule has 0 aromatic heterocycles. The average Bonchev–Trinajstić information content (AvgIpc) is 3.35. The van der Waals surface area contributed by atoms with Gasteiger partial charge < -0.3 is 23.7 Å². The lowest BCUT2D eigenvalue weighted by atomic mass is 9.88. The van der Waals surface area contributed by atoms with Crippen LogP contribution in [0.15, 0.2) is 78.4 Å². The molecule has 0 atom stereocenters. The monoisotopic (exact) mass is 1120 g/mol. The molecule has 9 nitrogen and oxygen atoms in total. The van der Waals surface area contributed by atoms with Crippen LogP contribution < -0.4 is 14.2 Å². The molecule has 3 aromatic rings. The molecule has 3 aromatic carbocycles. The summed E-state index contributed by atoms with van der Waals surface area (Å²) in [5.41, 5.74) is -0.131. The highest BCUT2D eigenvalue weighted by Gasteiger charge is 2.95. The van der Waals surface area contributed by atoms with Gasteiger partial charge in [0.05, 0.1) is 37.4 Å². The molecule has 0 unspecified atom stereocenters. The molecule has 0 heterocycles. The highest BCUT2D eigenvalue weighted by atomic mass is 19.4. The van der Waals surface area contributed by atoms with Crippen molar-refractivity contribution in [3.8, 4) is 17.2 Å². The van der Waals surface area contributed by atoms with Crippen molar-refractivity contribution in [2.75, 3.05) is 19.8 Å². The Balaban J connectivity index is 1.60. The summed E-state index contributed by atoms with van der Waals surface area (Å²) in [5.74, 6) is -61.9. The summed E-state index contributed by atoms with van der Waals surface area (Å²) in [6.45, 7) is 2.50. The van der Waals surface area contributed by atoms with E-state index >= 15 is 0 Å². The zero-order chi connectivity index (χ0) is 57.4. The van der Waals surface area contributed by atoms with Crippen LogP contribution in [0.4, 0.5) is 74.6 Å². The molecule has 76 heavy (non-hydrogen) atoms. The SMILES string of the molecule is CCCCCCCCOC(=O)C(=Cc1ccc(C(=O)Oc2ccc(C(=O)Oc3ccc(OCCC(F)(F)C(F)(F)C(F)(F)C(F)(F)C(F)(F)C(F)(F)C(F)(F)C(F)(F)F)cc3)cc2)cc1)C(=O)OCCCCCCCC. The fourth-order valence-corrected chi connectivity index (χ4v) is 6.58. The number of esters is 4. The smallest absolute Gasteiger partial charge is 0.460 e. The minimum atomic E-state index is -8.73. The number of unbranched alkanes of at least 4 members (excludes halogenated alkanes) is 10. The molecule has 0 spiro atoms. The summed E-state index contributed by atoms with van der Waals surface area (Å²) in [7, 11) is 0. The molecule has 424 valence electrons. The Morgan fingerprint density at radius 3 is 1.16 bits per heavy atom. The van der Waals surface area contributed by atoms with Crippen LogP contribution >= 0.6 is 0 Å². The molecule has 0 saturated carbocycles. The van der Waals surface area contributed by atoms with Gasteiger partial charge in [-0.15, -0.1) is 0 Å². The van der Waals surface area contributed by atoms with Crippen LogP contribution in [-0.4, -0.2) is 91.3 Å². The maximum atomic E-state index is 14.3. The van der Waals surface area contributed by atoms with E-state index in [9.17, 15) is 93.8 Å². The van der Waals surface area contributed by atoms with Gasteiger partial charge in [-0.25, -0.2) is 19.2 Å². The van der Waals surface area contributed by atoms with E-state index in [-0.39, 0.29) is 41.4 Å². The van der Waals surface area contributed by atoms with Crippen LogP contribution in [0.5, 0.6) is 17.2 Å². The van der Waals surface area contributed by atoms with Gasteiger partial charge in [0.25, 0.3) is 0 Å². The molecule has 0 radical (unpaired) electrons. The fourth-order valence-electron chi connectivity index (χ4n) is 6.58. The van der Waals surface area contributed by atoms with E-state index in [1.165, 1.54) is 42.5 Å². The van der Waals surface area contributed by atoms with Crippen molar-refractivity contribution in [3.63, 3.8) is 0 Å². The van der Waals surface area contributed by atoms with E-state index in [1.807, 2.05) is 0 Å². The standard InChI is InChI=1S/C50H51F17O9/c1-3-5-7-9-11-13-28-73-41(70)38(42(71)74-29-14-12-10-8-6-4-2)31-32-15-17-33(18-16-32)39(68)75-36-21-19-34(20-22-36)40(69)76-37-25-23-35(24-26-37)72-30-27-43(51,52)44(53,54)45(55,56)46(57,58)47(59,60)48(61,62)49(63,64)50(65,66)67/h15-26,31H,3-14,27-30H2,1-2H3. The second kappa shape index (κ2) is 26.8. The third-order valence-electron chi connectivity index (χ3n) is 11.2. The van der Waals surface area contributed by atoms with E-state index in [0.717, 1.165) is 101 Å². The molecule has 0 amide bonds. The molecule has 26 heteroatoms. The molecule has 0 aliphatic rings. The van der Waals surface area contributed by atoms with E-state index in [4.69, 9.17) is 18.9 Å². The quantitative estimate of drug-likeness (QED) is 0.0118. The van der Waals surface area contributed by atoms with Gasteiger partial charge in [-0.2, -0.15) is 74.6 Å². The number of alkyl halides is 17. The zero-order valence-corrected chi connectivity index (χ0v) is 40.4. The first kappa shape index (κ1) is 64.2. The van der Waals surface area contributed by atoms with Gasteiger partial charge in [0.15, 0.2) is 0 Å². The number of halogens is 17. The van der Waals surface area contributed by atoms with E-state index < -0.39 is 90.3 Å². The van der Waals surface area contributed by atoms with Crippen LogP contribution in [0.1, 0.15) is 124 Å². The minimum Gasteiger partial charge on any atom is -0.493 e. The number of carbonyl (C=O) groups excluding carboxylic acids is 4. The van der Waals surface area contributed by atoms with Crippen molar-refractivity contribution in [3.05, 3.63) is 95.1 Å². The Bertz CT molecular complexity index is 2360. The molecule has 0 aliphatic carbocycles. The van der Waals surface area contributed by atoms with Gasteiger partial charge in [-0.1, -0.05) is 90.2 Å². The number of hydrogen-bond donors (Lipinski definition) is 0. The van der Waals surface area contributed by atoms with E-state index in [2.05, 4.69) is 18.6 Å². The molecular formula is C50H51F17O9. The Hall–Kier alpha value is -6.11. The number of rotatable bonds is 31. The first-order valence-corrected chi connectivity index (χ1v) is 23.4. The third kappa shape index (κ3) is 15.5. The number of carbonyl (C=O) groups is 4. The molecular weight excluding hydrogens is 1070 g/mol. The van der Waals surface area contributed by atoms with Gasteiger partial charge >= 0.3 is 71.5 Å². The third-order valence-corrected chi connectivity index (χ3v) is 11.2. The lowest BCUT2D eigenvalue weighted by Crippen LogP contribution is -2.74. The van der Waals surface area contributed by atoms with Crippen LogP contribution in [0.25, 0.3) is 6.08 Å². The lowest BCUT2D eigenvalue weighted by Gasteiger charge is -2.42. The Kier molecular flexibility index (Phi) is 22.6. The molecule has 0 aliphatic heterocycles. The van der Waals surface area contributed by atoms with Crippen LogP contribution in [0.3, 0.4) is 0 Å². The van der Waals surface area contributed by atoms with Gasteiger partial charge in [0.2, 0.25) is 0 Å². The Labute approximate surface area is 424 Å². The van der Waals surface area contributed by atoms with Crippen LogP contribution in [-0.2, 0) is 19.1 Å². The van der Waals surface area contributed by atoms with Crippen LogP contribution in [0, 0.1) is 0 Å². The van der Waals surface area contributed by atoms with E-state index in [0.29, 0.717) is 18.4 Å². The molecule has 0 bridgehead atoms. The summed E-state index contributed by atoms with van der Waals surface area (Å²) in [5, 5.41) is 0. The highest BCUT2D eigenvalue weighted by Crippen LogP contribution is 2.64. The summed E-state index contributed by atoms with van der Waals surface area (Å²) >= 11 is 0. The number of ether oxygens (including phenoxy) is 5. The van der Waals surface area contributed by atoms with Crippen molar-refractivity contribution in [2.45, 2.75) is 145 Å². The summed E-state index contributed by atoms with van der Waals surface area (Å²) < 4.78 is 256. The first-order chi connectivity index (χ1) is 35.2. The molecule has 0 saturated heterocycles.